The molecule has 0 heterocycles. The van der Waals surface area contributed by atoms with Gasteiger partial charge >= 0.3 is 5.97 Å². The van der Waals surface area contributed by atoms with Crippen LogP contribution in [-0.2, 0) is 14.3 Å². The standard InChI is InChI=1S/C40H77NO4/c1-5-7-9-11-13-15-17-19-20-21-23-25-27-29-31-35-40(44)45-38(37-41(3,4)36-32-34-39(42)43)33-30-28-26-24-22-18-16-14-12-10-8-6-2/h19-20,38H,5-18,21-37H2,1-4H3. The number of carboxylic acid groups (broad SMARTS) is 1. The number of carboxylic acids is 1. The maximum Gasteiger partial charge on any atom is 0.306 e. The molecular formula is C40H77NO4. The number of likely N-dealkylation sites (N-methyl/N-ethyl adjacent to an activating group) is 1. The van der Waals surface area contributed by atoms with Gasteiger partial charge in [0.05, 0.1) is 20.6 Å². The molecule has 45 heavy (non-hydrogen) atoms. The van der Waals surface area contributed by atoms with Gasteiger partial charge in [-0.2, -0.15) is 0 Å². The highest BCUT2D eigenvalue weighted by Crippen LogP contribution is 2.17. The molecule has 0 N–H and O–H groups in total. The van der Waals surface area contributed by atoms with E-state index in [0.29, 0.717) is 17.3 Å². The fourth-order valence-electron chi connectivity index (χ4n) is 6.28. The van der Waals surface area contributed by atoms with E-state index in [2.05, 4.69) is 40.1 Å². The summed E-state index contributed by atoms with van der Waals surface area (Å²) < 4.78 is 6.70. The Hall–Kier alpha value is -1.36. The van der Waals surface area contributed by atoms with Gasteiger partial charge in [0.1, 0.15) is 6.54 Å². The first-order chi connectivity index (χ1) is 21.8. The van der Waals surface area contributed by atoms with Crippen molar-refractivity contribution in [2.75, 3.05) is 27.2 Å². The van der Waals surface area contributed by atoms with E-state index >= 15 is 0 Å². The third-order valence-corrected chi connectivity index (χ3v) is 9.16. The number of ether oxygens (including phenoxy) is 1. The highest BCUT2D eigenvalue weighted by Gasteiger charge is 2.24. The zero-order valence-corrected chi connectivity index (χ0v) is 30.7. The molecule has 0 aliphatic rings. The molecular weight excluding hydrogens is 558 g/mol. The lowest BCUT2D eigenvalue weighted by Gasteiger charge is -2.33. The summed E-state index contributed by atoms with van der Waals surface area (Å²) in [5.74, 6) is -1.05. The van der Waals surface area contributed by atoms with Crippen molar-refractivity contribution in [2.24, 2.45) is 0 Å². The predicted octanol–water partition coefficient (Wildman–Crippen LogP) is 10.6. The second-order valence-corrected chi connectivity index (χ2v) is 14.4. The molecule has 0 radical (unpaired) electrons. The van der Waals surface area contributed by atoms with Crippen LogP contribution in [0.1, 0.15) is 200 Å². The smallest absolute Gasteiger partial charge is 0.306 e. The lowest BCUT2D eigenvalue weighted by atomic mass is 10.0. The number of carbonyl (C=O) groups excluding carboxylic acids is 2. The van der Waals surface area contributed by atoms with Crippen molar-refractivity contribution >= 4 is 11.9 Å². The number of carbonyl (C=O) groups is 2. The maximum atomic E-state index is 12.8. The molecule has 5 nitrogen and oxygen atoms in total. The van der Waals surface area contributed by atoms with Crippen LogP contribution in [0.15, 0.2) is 12.2 Å². The fraction of sp³-hybridized carbons (Fsp3) is 0.900. The van der Waals surface area contributed by atoms with Gasteiger partial charge in [-0.1, -0.05) is 148 Å². The van der Waals surface area contributed by atoms with Crippen LogP contribution < -0.4 is 5.11 Å². The molecule has 0 saturated carbocycles. The normalized spacial score (nSPS) is 12.6. The second-order valence-electron chi connectivity index (χ2n) is 14.4. The topological polar surface area (TPSA) is 66.4 Å². The molecule has 0 amide bonds. The molecule has 0 aliphatic carbocycles. The van der Waals surface area contributed by atoms with E-state index < -0.39 is 5.97 Å². The summed E-state index contributed by atoms with van der Waals surface area (Å²) in [5.41, 5.74) is 0. The highest BCUT2D eigenvalue weighted by molar-refractivity contribution is 5.69. The number of hydrogen-bond donors (Lipinski definition) is 0. The zero-order chi connectivity index (χ0) is 33.3. The lowest BCUT2D eigenvalue weighted by molar-refractivity contribution is -0.893. The number of hydrogen-bond acceptors (Lipinski definition) is 4. The van der Waals surface area contributed by atoms with E-state index in [0.717, 1.165) is 38.8 Å². The van der Waals surface area contributed by atoms with E-state index in [4.69, 9.17) is 4.74 Å². The van der Waals surface area contributed by atoms with Crippen molar-refractivity contribution < 1.29 is 23.9 Å². The van der Waals surface area contributed by atoms with Crippen LogP contribution in [0.25, 0.3) is 0 Å². The Balaban J connectivity index is 4.20. The van der Waals surface area contributed by atoms with E-state index in [9.17, 15) is 14.7 Å². The largest absolute Gasteiger partial charge is 0.550 e. The molecule has 1 unspecified atom stereocenters. The van der Waals surface area contributed by atoms with Gasteiger partial charge in [-0.05, 0) is 51.4 Å². The Morgan fingerprint density at radius 2 is 1.00 bits per heavy atom. The summed E-state index contributed by atoms with van der Waals surface area (Å²) >= 11 is 0. The van der Waals surface area contributed by atoms with E-state index in [1.165, 1.54) is 141 Å². The van der Waals surface area contributed by atoms with Gasteiger partial charge in [0, 0.05) is 18.8 Å². The minimum absolute atomic E-state index is 0.0636. The average Bonchev–Trinajstić information content (AvgIpc) is 2.99. The molecule has 0 spiro atoms. The quantitative estimate of drug-likeness (QED) is 0.0301. The highest BCUT2D eigenvalue weighted by atomic mass is 16.5. The molecule has 5 heteroatoms. The minimum Gasteiger partial charge on any atom is -0.550 e. The third kappa shape index (κ3) is 33.8. The van der Waals surface area contributed by atoms with Crippen molar-refractivity contribution in [2.45, 2.75) is 206 Å². The number of rotatable bonds is 35. The molecule has 0 bridgehead atoms. The first kappa shape index (κ1) is 43.6. The van der Waals surface area contributed by atoms with Gasteiger partial charge < -0.3 is 19.1 Å². The van der Waals surface area contributed by atoms with E-state index in [1.54, 1.807) is 0 Å². The Morgan fingerprint density at radius 1 is 0.578 bits per heavy atom. The summed E-state index contributed by atoms with van der Waals surface area (Å²) in [6.45, 7) is 6.02. The van der Waals surface area contributed by atoms with Gasteiger partial charge in [-0.3, -0.25) is 4.79 Å². The molecule has 1 atom stereocenters. The Bertz CT molecular complexity index is 690. The predicted molar refractivity (Wildman–Crippen MR) is 191 cm³/mol. The van der Waals surface area contributed by atoms with Crippen LogP contribution in [0.5, 0.6) is 0 Å². The van der Waals surface area contributed by atoms with Gasteiger partial charge in [-0.25, -0.2) is 0 Å². The number of unbranched alkanes of at least 4 members (excludes halogenated alkanes) is 22. The molecule has 0 aliphatic heterocycles. The van der Waals surface area contributed by atoms with Crippen molar-refractivity contribution in [3.8, 4) is 0 Å². The number of esters is 1. The maximum absolute atomic E-state index is 12.8. The molecule has 0 aromatic carbocycles. The molecule has 0 rings (SSSR count). The Kier molecular flexibility index (Phi) is 31.6. The number of allylic oxidation sites excluding steroid dienone is 2. The second kappa shape index (κ2) is 32.6. The Labute approximate surface area is 280 Å². The van der Waals surface area contributed by atoms with Crippen LogP contribution in [-0.4, -0.2) is 49.7 Å². The van der Waals surface area contributed by atoms with Crippen molar-refractivity contribution in [3.05, 3.63) is 12.2 Å². The Morgan fingerprint density at radius 3 is 1.47 bits per heavy atom. The van der Waals surface area contributed by atoms with Crippen LogP contribution in [0, 0.1) is 0 Å². The lowest BCUT2D eigenvalue weighted by Crippen LogP contribution is -2.47. The molecule has 0 saturated heterocycles. The molecule has 0 fully saturated rings. The van der Waals surface area contributed by atoms with Crippen LogP contribution in [0.4, 0.5) is 0 Å². The van der Waals surface area contributed by atoms with Crippen molar-refractivity contribution in [3.63, 3.8) is 0 Å². The summed E-state index contributed by atoms with van der Waals surface area (Å²) in [4.78, 5) is 23.7. The summed E-state index contributed by atoms with van der Waals surface area (Å²) in [5, 5.41) is 10.9. The summed E-state index contributed by atoms with van der Waals surface area (Å²) in [6, 6.07) is 0. The summed E-state index contributed by atoms with van der Waals surface area (Å²) in [7, 11) is 4.23. The van der Waals surface area contributed by atoms with Crippen LogP contribution in [0.2, 0.25) is 0 Å². The monoisotopic (exact) mass is 636 g/mol. The fourth-order valence-corrected chi connectivity index (χ4v) is 6.28. The van der Waals surface area contributed by atoms with Gasteiger partial charge in [0.15, 0.2) is 6.10 Å². The average molecular weight is 636 g/mol. The van der Waals surface area contributed by atoms with Crippen molar-refractivity contribution in [1.82, 2.24) is 0 Å². The van der Waals surface area contributed by atoms with Gasteiger partial charge in [0.2, 0.25) is 0 Å². The first-order valence-electron chi connectivity index (χ1n) is 19.7. The van der Waals surface area contributed by atoms with Crippen LogP contribution in [0.3, 0.4) is 0 Å². The minimum atomic E-state index is -0.991. The van der Waals surface area contributed by atoms with E-state index in [-0.39, 0.29) is 18.5 Å². The zero-order valence-electron chi connectivity index (χ0n) is 30.7. The SMILES string of the molecule is CCCCCCCCC=CCCCCCCCC(=O)OC(CCCCCCCCCCCCCC)C[N+](C)(C)CCCC(=O)[O-]. The van der Waals surface area contributed by atoms with Crippen LogP contribution >= 0.6 is 0 Å². The van der Waals surface area contributed by atoms with Gasteiger partial charge in [0.25, 0.3) is 0 Å². The van der Waals surface area contributed by atoms with Crippen molar-refractivity contribution in [1.29, 1.82) is 0 Å². The molecule has 266 valence electrons. The van der Waals surface area contributed by atoms with Gasteiger partial charge in [-0.15, -0.1) is 0 Å². The molecule has 0 aromatic rings. The summed E-state index contributed by atoms with van der Waals surface area (Å²) in [6.07, 6.45) is 38.7. The number of nitrogens with zero attached hydrogens (tertiary/aromatic N) is 1. The number of aliphatic carboxylic acids is 1. The first-order valence-corrected chi connectivity index (χ1v) is 19.7. The third-order valence-electron chi connectivity index (χ3n) is 9.16. The number of quaternary nitrogens is 1. The molecule has 0 aromatic heterocycles. The van der Waals surface area contributed by atoms with E-state index in [1.807, 2.05) is 0 Å².